The van der Waals surface area contributed by atoms with Gasteiger partial charge in [-0.05, 0) is 39.5 Å². The standard InChI is InChI=1S/C15H32N2/c1-7-14(6)12-17(13(5)11-16-14)15(8-2,9-3)10-4/h13,16H,7-12H2,1-6H3. The van der Waals surface area contributed by atoms with E-state index >= 15 is 0 Å². The first-order chi connectivity index (χ1) is 7.97. The van der Waals surface area contributed by atoms with Crippen LogP contribution in [0, 0.1) is 0 Å². The second kappa shape index (κ2) is 5.71. The fraction of sp³-hybridized carbons (Fsp3) is 1.00. The average Bonchev–Trinajstić information content (AvgIpc) is 2.36. The number of nitrogens with zero attached hydrogens (tertiary/aromatic N) is 1. The summed E-state index contributed by atoms with van der Waals surface area (Å²) in [7, 11) is 0. The lowest BCUT2D eigenvalue weighted by Crippen LogP contribution is -2.67. The number of hydrogen-bond donors (Lipinski definition) is 1. The fourth-order valence-corrected chi connectivity index (χ4v) is 3.32. The smallest absolute Gasteiger partial charge is 0.0278 e. The Morgan fingerprint density at radius 1 is 1.18 bits per heavy atom. The minimum absolute atomic E-state index is 0.303. The van der Waals surface area contributed by atoms with Crippen molar-refractivity contribution in [2.45, 2.75) is 84.3 Å². The summed E-state index contributed by atoms with van der Waals surface area (Å²) in [5.41, 5.74) is 0.717. The molecule has 102 valence electrons. The summed E-state index contributed by atoms with van der Waals surface area (Å²) in [6, 6.07) is 0.662. The SMILES string of the molecule is CCC1(C)CN(C(CC)(CC)CC)C(C)CN1. The van der Waals surface area contributed by atoms with Crippen LogP contribution in [-0.4, -0.2) is 35.1 Å². The van der Waals surface area contributed by atoms with Crippen LogP contribution < -0.4 is 5.32 Å². The van der Waals surface area contributed by atoms with Gasteiger partial charge in [0.25, 0.3) is 0 Å². The van der Waals surface area contributed by atoms with E-state index in [1.807, 2.05) is 0 Å². The number of hydrogen-bond acceptors (Lipinski definition) is 2. The molecule has 2 atom stereocenters. The van der Waals surface area contributed by atoms with Crippen molar-refractivity contribution in [3.63, 3.8) is 0 Å². The van der Waals surface area contributed by atoms with Crippen LogP contribution in [0.2, 0.25) is 0 Å². The van der Waals surface area contributed by atoms with E-state index in [2.05, 4.69) is 51.8 Å². The van der Waals surface area contributed by atoms with Gasteiger partial charge in [0.15, 0.2) is 0 Å². The zero-order chi connectivity index (χ0) is 13.1. The quantitative estimate of drug-likeness (QED) is 0.792. The molecular formula is C15H32N2. The molecule has 0 aromatic heterocycles. The fourth-order valence-electron chi connectivity index (χ4n) is 3.32. The van der Waals surface area contributed by atoms with Crippen molar-refractivity contribution in [2.75, 3.05) is 13.1 Å². The first-order valence-electron chi connectivity index (χ1n) is 7.48. The first-order valence-corrected chi connectivity index (χ1v) is 7.48. The third kappa shape index (κ3) is 2.85. The van der Waals surface area contributed by atoms with Gasteiger partial charge in [0.2, 0.25) is 0 Å². The maximum atomic E-state index is 3.73. The Morgan fingerprint density at radius 3 is 2.12 bits per heavy atom. The largest absolute Gasteiger partial charge is 0.309 e. The predicted octanol–water partition coefficient (Wildman–Crippen LogP) is 3.42. The van der Waals surface area contributed by atoms with Gasteiger partial charge < -0.3 is 5.32 Å². The maximum absolute atomic E-state index is 3.73. The molecule has 0 aliphatic carbocycles. The van der Waals surface area contributed by atoms with E-state index in [0.717, 1.165) is 6.54 Å². The van der Waals surface area contributed by atoms with Crippen molar-refractivity contribution in [3.8, 4) is 0 Å². The van der Waals surface area contributed by atoms with E-state index in [4.69, 9.17) is 0 Å². The molecule has 0 aromatic carbocycles. The Balaban J connectivity index is 2.92. The third-order valence-electron chi connectivity index (χ3n) is 5.24. The molecule has 0 aromatic rings. The minimum Gasteiger partial charge on any atom is -0.309 e. The second-order valence-electron chi connectivity index (χ2n) is 6.06. The van der Waals surface area contributed by atoms with Crippen LogP contribution in [0.25, 0.3) is 0 Å². The van der Waals surface area contributed by atoms with Crippen molar-refractivity contribution < 1.29 is 0 Å². The summed E-state index contributed by atoms with van der Waals surface area (Å²) in [6.07, 6.45) is 5.02. The molecule has 1 heterocycles. The third-order valence-corrected chi connectivity index (χ3v) is 5.24. The van der Waals surface area contributed by atoms with E-state index in [1.165, 1.54) is 32.2 Å². The minimum atomic E-state index is 0.303. The van der Waals surface area contributed by atoms with Gasteiger partial charge in [0.05, 0.1) is 0 Å². The van der Waals surface area contributed by atoms with Gasteiger partial charge in [-0.25, -0.2) is 0 Å². The number of piperazine rings is 1. The van der Waals surface area contributed by atoms with Crippen LogP contribution >= 0.6 is 0 Å². The Hall–Kier alpha value is -0.0800. The van der Waals surface area contributed by atoms with E-state index in [9.17, 15) is 0 Å². The molecular weight excluding hydrogens is 208 g/mol. The summed E-state index contributed by atoms with van der Waals surface area (Å²) < 4.78 is 0. The maximum Gasteiger partial charge on any atom is 0.0278 e. The molecule has 2 nitrogen and oxygen atoms in total. The summed E-state index contributed by atoms with van der Waals surface area (Å²) in [5.74, 6) is 0. The second-order valence-corrected chi connectivity index (χ2v) is 6.06. The summed E-state index contributed by atoms with van der Waals surface area (Å²) >= 11 is 0. The molecule has 0 spiro atoms. The normalized spacial score (nSPS) is 31.8. The van der Waals surface area contributed by atoms with Gasteiger partial charge in [0, 0.05) is 30.2 Å². The van der Waals surface area contributed by atoms with Crippen LogP contribution in [0.15, 0.2) is 0 Å². The monoisotopic (exact) mass is 240 g/mol. The van der Waals surface area contributed by atoms with Gasteiger partial charge in [-0.3, -0.25) is 4.90 Å². The van der Waals surface area contributed by atoms with Crippen LogP contribution in [0.3, 0.4) is 0 Å². The molecule has 0 bridgehead atoms. The van der Waals surface area contributed by atoms with Gasteiger partial charge in [0.1, 0.15) is 0 Å². The number of rotatable bonds is 5. The molecule has 2 heteroatoms. The lowest BCUT2D eigenvalue weighted by atomic mass is 9.82. The highest BCUT2D eigenvalue weighted by Crippen LogP contribution is 2.33. The lowest BCUT2D eigenvalue weighted by Gasteiger charge is -2.54. The Morgan fingerprint density at radius 2 is 1.71 bits per heavy atom. The van der Waals surface area contributed by atoms with Crippen LogP contribution in [0.5, 0.6) is 0 Å². The van der Waals surface area contributed by atoms with Crippen LogP contribution in [0.1, 0.15) is 67.2 Å². The van der Waals surface area contributed by atoms with Gasteiger partial charge in [-0.2, -0.15) is 0 Å². The van der Waals surface area contributed by atoms with Gasteiger partial charge >= 0.3 is 0 Å². The van der Waals surface area contributed by atoms with E-state index < -0.39 is 0 Å². The molecule has 2 unspecified atom stereocenters. The van der Waals surface area contributed by atoms with E-state index in [0.29, 0.717) is 17.1 Å². The van der Waals surface area contributed by atoms with Gasteiger partial charge in [-0.15, -0.1) is 0 Å². The molecule has 1 fully saturated rings. The van der Waals surface area contributed by atoms with Crippen molar-refractivity contribution in [3.05, 3.63) is 0 Å². The van der Waals surface area contributed by atoms with E-state index in [1.54, 1.807) is 0 Å². The molecule has 0 amide bonds. The Bertz CT molecular complexity index is 227. The molecule has 0 saturated carbocycles. The van der Waals surface area contributed by atoms with Gasteiger partial charge in [-0.1, -0.05) is 27.7 Å². The molecule has 1 saturated heterocycles. The lowest BCUT2D eigenvalue weighted by molar-refractivity contribution is -0.0159. The highest BCUT2D eigenvalue weighted by Gasteiger charge is 2.41. The number of nitrogens with one attached hydrogen (secondary N) is 1. The molecule has 1 N–H and O–H groups in total. The topological polar surface area (TPSA) is 15.3 Å². The summed E-state index contributed by atoms with van der Waals surface area (Å²) in [4.78, 5) is 2.78. The zero-order valence-electron chi connectivity index (χ0n) is 12.8. The summed E-state index contributed by atoms with van der Waals surface area (Å²) in [5, 5.41) is 3.73. The van der Waals surface area contributed by atoms with Crippen molar-refractivity contribution >= 4 is 0 Å². The molecule has 0 radical (unpaired) electrons. The Labute approximate surface area is 108 Å². The van der Waals surface area contributed by atoms with Crippen molar-refractivity contribution in [1.82, 2.24) is 10.2 Å². The molecule has 1 aliphatic rings. The average molecular weight is 240 g/mol. The van der Waals surface area contributed by atoms with Crippen LogP contribution in [-0.2, 0) is 0 Å². The summed E-state index contributed by atoms with van der Waals surface area (Å²) in [6.45, 7) is 16.4. The van der Waals surface area contributed by atoms with Crippen molar-refractivity contribution in [1.29, 1.82) is 0 Å². The molecule has 1 aliphatic heterocycles. The molecule has 1 rings (SSSR count). The van der Waals surface area contributed by atoms with Crippen molar-refractivity contribution in [2.24, 2.45) is 0 Å². The highest BCUT2D eigenvalue weighted by molar-refractivity contribution is 5.00. The predicted molar refractivity (Wildman–Crippen MR) is 76.5 cm³/mol. The van der Waals surface area contributed by atoms with E-state index in [-0.39, 0.29) is 0 Å². The van der Waals surface area contributed by atoms with Crippen LogP contribution in [0.4, 0.5) is 0 Å². The first kappa shape index (κ1) is 15.0. The molecule has 17 heavy (non-hydrogen) atoms. The Kier molecular flexibility index (Phi) is 5.03. The zero-order valence-corrected chi connectivity index (χ0v) is 12.8. The highest BCUT2D eigenvalue weighted by atomic mass is 15.3.